The van der Waals surface area contributed by atoms with Crippen LogP contribution in [0.2, 0.25) is 0 Å². The molecule has 2 N–H and O–H groups in total. The van der Waals surface area contributed by atoms with E-state index in [0.29, 0.717) is 5.03 Å². The minimum absolute atomic E-state index is 0.127. The highest BCUT2D eigenvalue weighted by Gasteiger charge is 2.24. The maximum absolute atomic E-state index is 11.8. The Morgan fingerprint density at radius 2 is 2.42 bits per heavy atom. The number of aromatic nitrogens is 2. The Hall–Kier alpha value is 0.0300. The van der Waals surface area contributed by atoms with Gasteiger partial charge in [0.2, 0.25) is 0 Å². The average Bonchev–Trinajstić information content (AvgIpc) is 2.35. The number of thioether (sulfide) groups is 1. The second-order valence-electron chi connectivity index (χ2n) is 1.91. The van der Waals surface area contributed by atoms with Gasteiger partial charge in [0.15, 0.2) is 0 Å². The van der Waals surface area contributed by atoms with Gasteiger partial charge < -0.3 is 5.11 Å². The second-order valence-corrected chi connectivity index (χ2v) is 4.13. The van der Waals surface area contributed by atoms with Crippen LogP contribution in [0.15, 0.2) is 11.1 Å². The molecular weight excluding hydrogens is 226 g/mol. The maximum atomic E-state index is 11.8. The molecule has 7 heteroatoms. The molecule has 0 amide bonds. The lowest BCUT2D eigenvalue weighted by Crippen LogP contribution is -2.08. The summed E-state index contributed by atoms with van der Waals surface area (Å²) >= 11 is 11.5. The van der Waals surface area contributed by atoms with E-state index in [1.165, 1.54) is 6.07 Å². The largest absolute Gasteiger partial charge is 0.358 e. The third kappa shape index (κ3) is 2.52. The highest BCUT2D eigenvalue weighted by molar-refractivity contribution is 7.99. The molecule has 1 aromatic heterocycles. The standard InChI is InChI=1S/C5H5Cl2FN2OS/c6-5(7,11)3-1-4(10-9-3)12-2-8/h1,11H,2H2,(H,9,10). The van der Waals surface area contributed by atoms with Crippen LogP contribution in [-0.4, -0.2) is 21.3 Å². The van der Waals surface area contributed by atoms with Crippen molar-refractivity contribution in [1.29, 1.82) is 0 Å². The fourth-order valence-corrected chi connectivity index (χ4v) is 1.20. The van der Waals surface area contributed by atoms with Crippen molar-refractivity contribution in [2.24, 2.45) is 0 Å². The monoisotopic (exact) mass is 230 g/mol. The quantitative estimate of drug-likeness (QED) is 0.617. The van der Waals surface area contributed by atoms with Crippen molar-refractivity contribution in [3.8, 4) is 0 Å². The summed E-state index contributed by atoms with van der Waals surface area (Å²) in [6, 6.07) is 0.789. The Labute approximate surface area is 82.2 Å². The van der Waals surface area contributed by atoms with E-state index in [4.69, 9.17) is 28.3 Å². The van der Waals surface area contributed by atoms with Gasteiger partial charge in [0.25, 0.3) is 4.52 Å². The molecule has 0 radical (unpaired) electrons. The highest BCUT2D eigenvalue weighted by Crippen LogP contribution is 2.30. The number of alkyl halides is 3. The Kier molecular flexibility index (Phi) is 3.22. The summed E-state index contributed by atoms with van der Waals surface area (Å²) in [5.41, 5.74) is 0.127. The molecule has 0 saturated carbocycles. The van der Waals surface area contributed by atoms with Crippen LogP contribution in [0, 0.1) is 0 Å². The van der Waals surface area contributed by atoms with Crippen LogP contribution in [0.1, 0.15) is 5.69 Å². The number of H-pyrrole nitrogens is 1. The van der Waals surface area contributed by atoms with Gasteiger partial charge in [-0.2, -0.15) is 5.10 Å². The van der Waals surface area contributed by atoms with Crippen LogP contribution in [0.4, 0.5) is 4.39 Å². The van der Waals surface area contributed by atoms with Gasteiger partial charge in [-0.25, -0.2) is 4.39 Å². The zero-order chi connectivity index (χ0) is 9.19. The molecule has 0 bridgehead atoms. The maximum Gasteiger partial charge on any atom is 0.258 e. The zero-order valence-corrected chi connectivity index (χ0v) is 8.05. The van der Waals surface area contributed by atoms with Crippen LogP contribution in [0.3, 0.4) is 0 Å². The predicted octanol–water partition coefficient (Wildman–Crippen LogP) is 2.01. The van der Waals surface area contributed by atoms with E-state index < -0.39 is 10.5 Å². The number of hydrogen-bond donors (Lipinski definition) is 2. The normalized spacial score (nSPS) is 12.0. The molecule has 1 heterocycles. The van der Waals surface area contributed by atoms with Crippen molar-refractivity contribution in [2.45, 2.75) is 9.55 Å². The van der Waals surface area contributed by atoms with Gasteiger partial charge in [-0.05, 0) is 6.07 Å². The lowest BCUT2D eigenvalue weighted by Gasteiger charge is -2.06. The highest BCUT2D eigenvalue weighted by atomic mass is 35.5. The molecule has 0 aliphatic heterocycles. The van der Waals surface area contributed by atoms with E-state index in [1.54, 1.807) is 0 Å². The summed E-state index contributed by atoms with van der Waals surface area (Å²) in [5, 5.41) is 15.4. The van der Waals surface area contributed by atoms with Crippen LogP contribution < -0.4 is 0 Å². The van der Waals surface area contributed by atoms with Gasteiger partial charge in [0.1, 0.15) is 11.0 Å². The summed E-state index contributed by atoms with van der Waals surface area (Å²) in [5.74, 6) is 0. The molecule has 1 rings (SSSR count). The van der Waals surface area contributed by atoms with E-state index in [1.807, 2.05) is 0 Å². The number of aromatic amines is 1. The third-order valence-corrected chi connectivity index (χ3v) is 2.10. The van der Waals surface area contributed by atoms with Crippen molar-refractivity contribution in [2.75, 3.05) is 6.01 Å². The van der Waals surface area contributed by atoms with Crippen molar-refractivity contribution in [3.05, 3.63) is 11.8 Å². The van der Waals surface area contributed by atoms with Crippen LogP contribution in [-0.2, 0) is 4.52 Å². The predicted molar refractivity (Wildman–Crippen MR) is 46.0 cm³/mol. The second kappa shape index (κ2) is 3.83. The molecule has 1 aromatic rings. The Balaban J connectivity index is 2.77. The van der Waals surface area contributed by atoms with Crippen LogP contribution >= 0.6 is 35.0 Å². The van der Waals surface area contributed by atoms with E-state index in [2.05, 4.69) is 10.2 Å². The van der Waals surface area contributed by atoms with Gasteiger partial charge in [0.05, 0.1) is 5.69 Å². The summed E-state index contributed by atoms with van der Waals surface area (Å²) < 4.78 is 9.77. The molecule has 12 heavy (non-hydrogen) atoms. The third-order valence-electron chi connectivity index (χ3n) is 1.08. The first-order valence-corrected chi connectivity index (χ1v) is 4.63. The number of hydrogen-bond acceptors (Lipinski definition) is 3. The molecular formula is C5H5Cl2FN2OS. The SMILES string of the molecule is OC(Cl)(Cl)c1cc(SCF)n[nH]1. The lowest BCUT2D eigenvalue weighted by molar-refractivity contribution is 0.213. The van der Waals surface area contributed by atoms with E-state index in [0.717, 1.165) is 11.8 Å². The summed E-state index contributed by atoms with van der Waals surface area (Å²) in [6.07, 6.45) is 0. The van der Waals surface area contributed by atoms with Crippen molar-refractivity contribution in [3.63, 3.8) is 0 Å². The van der Waals surface area contributed by atoms with Gasteiger partial charge in [-0.3, -0.25) is 5.10 Å². The van der Waals surface area contributed by atoms with Crippen molar-refractivity contribution >= 4 is 35.0 Å². The molecule has 3 nitrogen and oxygen atoms in total. The number of halogens is 3. The molecule has 68 valence electrons. The minimum atomic E-state index is -2.00. The number of nitrogens with one attached hydrogen (secondary N) is 1. The van der Waals surface area contributed by atoms with Gasteiger partial charge in [-0.15, -0.1) is 0 Å². The molecule has 0 aromatic carbocycles. The number of nitrogens with zero attached hydrogens (tertiary/aromatic N) is 1. The van der Waals surface area contributed by atoms with Crippen LogP contribution in [0.5, 0.6) is 0 Å². The van der Waals surface area contributed by atoms with Gasteiger partial charge in [0, 0.05) is 0 Å². The van der Waals surface area contributed by atoms with Crippen LogP contribution in [0.25, 0.3) is 0 Å². The molecule has 0 aliphatic carbocycles. The number of aliphatic hydroxyl groups is 1. The summed E-state index contributed by atoms with van der Waals surface area (Å²) in [6.45, 7) is 0. The molecule has 0 unspecified atom stereocenters. The van der Waals surface area contributed by atoms with E-state index >= 15 is 0 Å². The summed E-state index contributed by atoms with van der Waals surface area (Å²) in [4.78, 5) is 0. The molecule has 0 atom stereocenters. The fraction of sp³-hybridized carbons (Fsp3) is 0.400. The Morgan fingerprint density at radius 1 is 1.75 bits per heavy atom. The van der Waals surface area contributed by atoms with E-state index in [9.17, 15) is 4.39 Å². The average molecular weight is 231 g/mol. The van der Waals surface area contributed by atoms with Gasteiger partial charge >= 0.3 is 0 Å². The van der Waals surface area contributed by atoms with Crippen molar-refractivity contribution in [1.82, 2.24) is 10.2 Å². The minimum Gasteiger partial charge on any atom is -0.358 e. The Morgan fingerprint density at radius 3 is 2.83 bits per heavy atom. The molecule has 0 fully saturated rings. The fourth-order valence-electron chi connectivity index (χ4n) is 0.587. The van der Waals surface area contributed by atoms with Gasteiger partial charge in [-0.1, -0.05) is 35.0 Å². The van der Waals surface area contributed by atoms with E-state index in [-0.39, 0.29) is 5.69 Å². The smallest absolute Gasteiger partial charge is 0.258 e. The summed E-state index contributed by atoms with van der Waals surface area (Å²) in [7, 11) is 0. The first-order valence-electron chi connectivity index (χ1n) is 2.89. The zero-order valence-electron chi connectivity index (χ0n) is 5.72. The first kappa shape index (κ1) is 10.1. The number of rotatable bonds is 3. The lowest BCUT2D eigenvalue weighted by atomic mass is 10.5. The topological polar surface area (TPSA) is 48.9 Å². The first-order chi connectivity index (χ1) is 5.54. The molecule has 0 saturated heterocycles. The Bertz CT molecular complexity index is 262. The molecule has 0 spiro atoms. The van der Waals surface area contributed by atoms with Crippen molar-refractivity contribution < 1.29 is 9.50 Å². The molecule has 0 aliphatic rings.